The Morgan fingerprint density at radius 3 is 2.38 bits per heavy atom. The van der Waals surface area contributed by atoms with Gasteiger partial charge in [0.2, 0.25) is 0 Å². The Hall–Kier alpha value is -2.07. The Labute approximate surface area is 174 Å². The zero-order valence-electron chi connectivity index (χ0n) is 15.1. The number of likely N-dealkylation sites (tertiary alicyclic amines) is 1. The van der Waals surface area contributed by atoms with Crippen molar-refractivity contribution in [2.24, 2.45) is 5.92 Å². The van der Waals surface area contributed by atoms with Crippen LogP contribution in [-0.4, -0.2) is 48.7 Å². The largest absolute Gasteiger partial charge is 0.492 e. The Kier molecular flexibility index (Phi) is 5.96. The molecule has 0 saturated carbocycles. The number of ether oxygens (including phenoxy) is 3. The maximum Gasteiger partial charge on any atom is 0.492 e. The van der Waals surface area contributed by atoms with E-state index in [-0.39, 0.29) is 41.2 Å². The number of fused-ring (bicyclic) bond motifs is 1. The van der Waals surface area contributed by atoms with Gasteiger partial charge in [-0.15, -0.1) is 0 Å². The van der Waals surface area contributed by atoms with Gasteiger partial charge in [0, 0.05) is 25.2 Å². The van der Waals surface area contributed by atoms with Gasteiger partial charge >= 0.3 is 24.1 Å². The van der Waals surface area contributed by atoms with Gasteiger partial charge in [-0.1, -0.05) is 23.2 Å². The van der Waals surface area contributed by atoms with Crippen LogP contribution in [0.15, 0.2) is 12.1 Å². The lowest BCUT2D eigenvalue weighted by atomic mass is 9.98. The van der Waals surface area contributed by atoms with Crippen molar-refractivity contribution in [3.8, 4) is 11.5 Å². The summed E-state index contributed by atoms with van der Waals surface area (Å²) >= 11 is 11.6. The number of alkyl halides is 3. The van der Waals surface area contributed by atoms with Gasteiger partial charge in [-0.25, -0.2) is 4.79 Å². The van der Waals surface area contributed by atoms with Gasteiger partial charge in [0.25, 0.3) is 0 Å². The van der Waals surface area contributed by atoms with E-state index in [4.69, 9.17) is 37.4 Å². The average Bonchev–Trinajstić information content (AvgIpc) is 3.00. The van der Waals surface area contributed by atoms with E-state index >= 15 is 0 Å². The molecule has 2 heterocycles. The molecule has 3 rings (SSSR count). The quantitative estimate of drug-likeness (QED) is 0.696. The minimum atomic E-state index is -5.13. The molecular weight excluding hydrogens is 440 g/mol. The van der Waals surface area contributed by atoms with Crippen molar-refractivity contribution in [3.63, 3.8) is 0 Å². The van der Waals surface area contributed by atoms with Crippen molar-refractivity contribution in [1.82, 2.24) is 10.2 Å². The fourth-order valence-electron chi connectivity index (χ4n) is 3.07. The number of carbonyl (C=O) groups is 2. The van der Waals surface area contributed by atoms with Gasteiger partial charge in [0.1, 0.15) is 0 Å². The molecule has 1 aromatic rings. The number of esters is 1. The van der Waals surface area contributed by atoms with Gasteiger partial charge in [0.05, 0.1) is 22.6 Å². The fraction of sp³-hybridized carbons (Fsp3) is 0.529. The molecular formula is C17H17Cl2F3N2O5. The van der Waals surface area contributed by atoms with Crippen molar-refractivity contribution in [3.05, 3.63) is 22.2 Å². The van der Waals surface area contributed by atoms with E-state index in [9.17, 15) is 22.8 Å². The normalized spacial score (nSPS) is 20.3. The van der Waals surface area contributed by atoms with Gasteiger partial charge in [-0.3, -0.25) is 10.1 Å². The first-order valence-corrected chi connectivity index (χ1v) is 9.49. The van der Waals surface area contributed by atoms with Crippen molar-refractivity contribution in [1.29, 1.82) is 0 Å². The topological polar surface area (TPSA) is 77.1 Å². The van der Waals surface area contributed by atoms with Gasteiger partial charge in [-0.05, 0) is 19.8 Å². The van der Waals surface area contributed by atoms with E-state index in [0.717, 1.165) is 17.0 Å². The van der Waals surface area contributed by atoms with Crippen LogP contribution in [0.3, 0.4) is 0 Å². The highest BCUT2D eigenvalue weighted by Crippen LogP contribution is 2.48. The molecule has 1 atom stereocenters. The molecule has 0 bridgehead atoms. The van der Waals surface area contributed by atoms with Gasteiger partial charge < -0.3 is 19.1 Å². The van der Waals surface area contributed by atoms with Crippen LogP contribution in [0, 0.1) is 5.92 Å². The highest BCUT2D eigenvalue weighted by atomic mass is 35.5. The standard InChI is InChI=1S/C17H17Cl2F3N2O5/c1-2-27-14(25)9-4-3-5-24(8-9)15(26)23-17(16(20,21)22)28-12-6-10(18)11(19)7-13(12)29-17/h6-7,9H,2-5,8H2,1H3,(H,23,26). The van der Waals surface area contributed by atoms with Gasteiger partial charge in [0.15, 0.2) is 11.5 Å². The monoisotopic (exact) mass is 456 g/mol. The molecule has 160 valence electrons. The number of halogens is 5. The van der Waals surface area contributed by atoms with Gasteiger partial charge in [-0.2, -0.15) is 13.2 Å². The summed E-state index contributed by atoms with van der Waals surface area (Å²) in [5.41, 5.74) is 0. The maximum atomic E-state index is 13.8. The second kappa shape index (κ2) is 7.98. The van der Waals surface area contributed by atoms with E-state index in [1.807, 2.05) is 0 Å². The van der Waals surface area contributed by atoms with E-state index in [0.29, 0.717) is 12.8 Å². The third-order valence-corrected chi connectivity index (χ3v) is 5.19. The molecule has 2 amide bonds. The number of hydrogen-bond donors (Lipinski definition) is 1. The zero-order chi connectivity index (χ0) is 21.4. The molecule has 29 heavy (non-hydrogen) atoms. The first-order valence-electron chi connectivity index (χ1n) is 8.74. The third-order valence-electron chi connectivity index (χ3n) is 4.47. The van der Waals surface area contributed by atoms with E-state index in [2.05, 4.69) is 0 Å². The van der Waals surface area contributed by atoms with E-state index in [1.54, 1.807) is 12.2 Å². The Morgan fingerprint density at radius 2 is 1.86 bits per heavy atom. The highest BCUT2D eigenvalue weighted by Gasteiger charge is 2.66. The summed E-state index contributed by atoms with van der Waals surface area (Å²) in [4.78, 5) is 25.6. The summed E-state index contributed by atoms with van der Waals surface area (Å²) in [7, 11) is 0. The molecule has 1 fully saturated rings. The molecule has 1 saturated heterocycles. The van der Waals surface area contributed by atoms with Crippen molar-refractivity contribution in [2.45, 2.75) is 31.9 Å². The van der Waals surface area contributed by atoms with Crippen LogP contribution in [0.25, 0.3) is 0 Å². The molecule has 12 heteroatoms. The first-order chi connectivity index (χ1) is 13.6. The summed E-state index contributed by atoms with van der Waals surface area (Å²) in [6.07, 6.45) is -4.22. The number of piperidine rings is 1. The maximum absolute atomic E-state index is 13.8. The number of amides is 2. The number of benzene rings is 1. The minimum Gasteiger partial charge on any atom is -0.466 e. The molecule has 1 unspecified atom stereocenters. The third kappa shape index (κ3) is 4.28. The Bertz CT molecular complexity index is 790. The number of carbonyl (C=O) groups excluding carboxylic acids is 2. The SMILES string of the molecule is CCOC(=O)C1CCCN(C(=O)NC2(C(F)(F)F)Oc3cc(Cl)c(Cl)cc3O2)C1. The second-order valence-corrected chi connectivity index (χ2v) is 7.31. The molecule has 1 N–H and O–H groups in total. The lowest BCUT2D eigenvalue weighted by Gasteiger charge is -2.35. The summed E-state index contributed by atoms with van der Waals surface area (Å²) in [6.45, 7) is 1.90. The van der Waals surface area contributed by atoms with Crippen molar-refractivity contribution >= 4 is 35.2 Å². The van der Waals surface area contributed by atoms with E-state index in [1.165, 1.54) is 0 Å². The van der Waals surface area contributed by atoms with Crippen LogP contribution in [0.5, 0.6) is 11.5 Å². The van der Waals surface area contributed by atoms with Crippen molar-refractivity contribution in [2.75, 3.05) is 19.7 Å². The summed E-state index contributed by atoms with van der Waals surface area (Å²) in [5.74, 6) is -5.20. The summed E-state index contributed by atoms with van der Waals surface area (Å²) in [5, 5.41) is 1.69. The Morgan fingerprint density at radius 1 is 1.28 bits per heavy atom. The molecule has 2 aliphatic rings. The molecule has 0 spiro atoms. The molecule has 0 aliphatic carbocycles. The molecule has 0 aromatic heterocycles. The first kappa shape index (κ1) is 21.6. The number of nitrogens with one attached hydrogen (secondary N) is 1. The predicted octanol–water partition coefficient (Wildman–Crippen LogP) is 3.97. The minimum absolute atomic E-state index is 0.0355. The fourth-order valence-corrected chi connectivity index (χ4v) is 3.38. The van der Waals surface area contributed by atoms with Crippen LogP contribution in [0.2, 0.25) is 10.0 Å². The van der Waals surface area contributed by atoms with Crippen molar-refractivity contribution < 1.29 is 37.0 Å². The van der Waals surface area contributed by atoms with E-state index < -0.39 is 30.0 Å². The van der Waals surface area contributed by atoms with Crippen LogP contribution >= 0.6 is 23.2 Å². The molecule has 2 aliphatic heterocycles. The molecule has 7 nitrogen and oxygen atoms in total. The predicted molar refractivity (Wildman–Crippen MR) is 96.0 cm³/mol. The average molecular weight is 457 g/mol. The Balaban J connectivity index is 1.78. The smallest absolute Gasteiger partial charge is 0.466 e. The number of urea groups is 1. The molecule has 0 radical (unpaired) electrons. The van der Waals surface area contributed by atoms with Crippen LogP contribution in [0.1, 0.15) is 19.8 Å². The highest BCUT2D eigenvalue weighted by molar-refractivity contribution is 6.42. The van der Waals surface area contributed by atoms with Crippen LogP contribution < -0.4 is 14.8 Å². The number of hydrogen-bond acceptors (Lipinski definition) is 5. The molecule has 1 aromatic carbocycles. The summed E-state index contributed by atoms with van der Waals surface area (Å²) in [6, 6.07) is 1.04. The number of nitrogens with zero attached hydrogens (tertiary/aromatic N) is 1. The summed E-state index contributed by atoms with van der Waals surface area (Å²) < 4.78 is 56.2. The lowest BCUT2D eigenvalue weighted by Crippen LogP contribution is -2.67. The lowest BCUT2D eigenvalue weighted by molar-refractivity contribution is -0.318. The van der Waals surface area contributed by atoms with Crippen LogP contribution in [-0.2, 0) is 9.53 Å². The second-order valence-electron chi connectivity index (χ2n) is 6.50. The van der Waals surface area contributed by atoms with Crippen LogP contribution in [0.4, 0.5) is 18.0 Å². The zero-order valence-corrected chi connectivity index (χ0v) is 16.7. The number of rotatable bonds is 3.